The molecule has 1 aromatic carbocycles. The van der Waals surface area contributed by atoms with E-state index in [-0.39, 0.29) is 33.7 Å². The van der Waals surface area contributed by atoms with Crippen LogP contribution in [0.15, 0.2) is 12.1 Å². The molecule has 0 saturated heterocycles. The Balaban J connectivity index is 3.03. The summed E-state index contributed by atoms with van der Waals surface area (Å²) in [5.41, 5.74) is -0.0699. The van der Waals surface area contributed by atoms with Crippen molar-refractivity contribution in [1.29, 1.82) is 0 Å². The third kappa shape index (κ3) is 3.91. The van der Waals surface area contributed by atoms with E-state index >= 15 is 0 Å². The second-order valence-electron chi connectivity index (χ2n) is 3.25. The molecule has 0 bridgehead atoms. The Morgan fingerprint density at radius 3 is 2.61 bits per heavy atom. The normalized spacial score (nSPS) is 9.28. The molecule has 0 aromatic heterocycles. The molecule has 0 unspecified atom stereocenters. The van der Waals surface area contributed by atoms with E-state index in [2.05, 4.69) is 17.2 Å². The highest BCUT2D eigenvalue weighted by molar-refractivity contribution is 6.42. The van der Waals surface area contributed by atoms with Crippen molar-refractivity contribution < 1.29 is 9.72 Å². The van der Waals surface area contributed by atoms with E-state index in [1.807, 2.05) is 0 Å². The first-order valence-corrected chi connectivity index (χ1v) is 5.54. The number of amides is 1. The molecule has 0 spiro atoms. The zero-order valence-corrected chi connectivity index (χ0v) is 10.8. The monoisotopic (exact) mass is 286 g/mol. The van der Waals surface area contributed by atoms with Crippen molar-refractivity contribution >= 4 is 34.8 Å². The second-order valence-corrected chi connectivity index (χ2v) is 4.07. The average molecular weight is 287 g/mol. The molecular weight excluding hydrogens is 279 g/mol. The van der Waals surface area contributed by atoms with E-state index in [0.29, 0.717) is 0 Å². The molecule has 5 nitrogen and oxygen atoms in total. The predicted octanol–water partition coefficient (Wildman–Crippen LogP) is 2.39. The first-order chi connectivity index (χ1) is 8.41. The zero-order chi connectivity index (χ0) is 13.7. The van der Waals surface area contributed by atoms with Crippen molar-refractivity contribution in [1.82, 2.24) is 5.32 Å². The van der Waals surface area contributed by atoms with Crippen LogP contribution < -0.4 is 5.32 Å². The van der Waals surface area contributed by atoms with E-state index in [9.17, 15) is 14.9 Å². The first kappa shape index (κ1) is 14.3. The van der Waals surface area contributed by atoms with E-state index in [4.69, 9.17) is 23.2 Å². The van der Waals surface area contributed by atoms with E-state index in [1.165, 1.54) is 13.0 Å². The van der Waals surface area contributed by atoms with Gasteiger partial charge in [-0.3, -0.25) is 14.9 Å². The quantitative estimate of drug-likeness (QED) is 0.515. The van der Waals surface area contributed by atoms with Crippen molar-refractivity contribution in [3.8, 4) is 11.8 Å². The lowest BCUT2D eigenvalue weighted by molar-refractivity contribution is -0.385. The molecule has 0 radical (unpaired) electrons. The number of benzene rings is 1. The van der Waals surface area contributed by atoms with Gasteiger partial charge in [-0.15, -0.1) is 0 Å². The second kappa shape index (κ2) is 6.24. The molecule has 0 atom stereocenters. The van der Waals surface area contributed by atoms with Gasteiger partial charge in [0, 0.05) is 13.0 Å². The number of halogens is 2. The van der Waals surface area contributed by atoms with Gasteiger partial charge in [0.15, 0.2) is 0 Å². The summed E-state index contributed by atoms with van der Waals surface area (Å²) in [6.45, 7) is 1.45. The summed E-state index contributed by atoms with van der Waals surface area (Å²) in [4.78, 5) is 20.8. The minimum atomic E-state index is -0.593. The number of carbonyl (C=O) groups excluding carboxylic acids is 1. The van der Waals surface area contributed by atoms with Crippen molar-refractivity contribution in [2.24, 2.45) is 0 Å². The third-order valence-corrected chi connectivity index (χ3v) is 2.61. The molecule has 0 aliphatic heterocycles. The fraction of sp³-hybridized carbons (Fsp3) is 0.182. The van der Waals surface area contributed by atoms with Gasteiger partial charge >= 0.3 is 0 Å². The fourth-order valence-corrected chi connectivity index (χ4v) is 1.42. The van der Waals surface area contributed by atoms with Gasteiger partial charge in [0.1, 0.15) is 5.56 Å². The summed E-state index contributed by atoms with van der Waals surface area (Å²) in [5.74, 6) is 4.93. The van der Waals surface area contributed by atoms with Gasteiger partial charge in [-0.05, 0) is 6.07 Å². The van der Waals surface area contributed by atoms with Gasteiger partial charge in [-0.2, -0.15) is 0 Å². The standard InChI is InChI=1S/C11H8Cl2N2O3/c1-7(16)14-4-2-3-8-5-9(12)10(13)6-11(8)15(17)18/h5-6H,4H2,1H3,(H,14,16). The molecule has 7 heteroatoms. The molecule has 1 amide bonds. The Morgan fingerprint density at radius 1 is 1.44 bits per heavy atom. The van der Waals surface area contributed by atoms with Gasteiger partial charge < -0.3 is 5.32 Å². The highest BCUT2D eigenvalue weighted by Crippen LogP contribution is 2.29. The van der Waals surface area contributed by atoms with Gasteiger partial charge in [-0.25, -0.2) is 0 Å². The van der Waals surface area contributed by atoms with Crippen LogP contribution >= 0.6 is 23.2 Å². The lowest BCUT2D eigenvalue weighted by Gasteiger charge is -1.99. The minimum absolute atomic E-state index is 0.0933. The number of rotatable bonds is 2. The van der Waals surface area contributed by atoms with Gasteiger partial charge in [0.05, 0.1) is 21.5 Å². The maximum atomic E-state index is 10.8. The van der Waals surface area contributed by atoms with Crippen LogP contribution in [0.5, 0.6) is 0 Å². The molecule has 1 rings (SSSR count). The predicted molar refractivity (Wildman–Crippen MR) is 68.7 cm³/mol. The van der Waals surface area contributed by atoms with Crippen LogP contribution in [0, 0.1) is 22.0 Å². The third-order valence-electron chi connectivity index (χ3n) is 1.88. The largest absolute Gasteiger partial charge is 0.345 e. The summed E-state index contributed by atoms with van der Waals surface area (Å²) in [5, 5.41) is 13.5. The first-order valence-electron chi connectivity index (χ1n) is 4.78. The lowest BCUT2D eigenvalue weighted by Crippen LogP contribution is -2.19. The molecule has 0 heterocycles. The smallest absolute Gasteiger partial charge is 0.286 e. The van der Waals surface area contributed by atoms with E-state index < -0.39 is 4.92 Å². The number of nitrogens with one attached hydrogen (secondary N) is 1. The van der Waals surface area contributed by atoms with Crippen molar-refractivity contribution in [2.75, 3.05) is 6.54 Å². The van der Waals surface area contributed by atoms with E-state index in [1.54, 1.807) is 0 Å². The van der Waals surface area contributed by atoms with Crippen molar-refractivity contribution in [3.63, 3.8) is 0 Å². The molecular formula is C11H8Cl2N2O3. The Kier molecular flexibility index (Phi) is 4.95. The molecule has 1 aromatic rings. The van der Waals surface area contributed by atoms with Gasteiger partial charge in [0.25, 0.3) is 5.69 Å². The lowest BCUT2D eigenvalue weighted by atomic mass is 10.2. The number of nitrogens with zero attached hydrogens (tertiary/aromatic N) is 1. The summed E-state index contributed by atoms with van der Waals surface area (Å²) < 4.78 is 0. The fourth-order valence-electron chi connectivity index (χ4n) is 1.10. The Hall–Kier alpha value is -1.77. The number of hydrogen-bond donors (Lipinski definition) is 1. The Bertz CT molecular complexity index is 561. The molecule has 1 N–H and O–H groups in total. The van der Waals surface area contributed by atoms with Crippen molar-refractivity contribution in [3.05, 3.63) is 37.9 Å². The maximum Gasteiger partial charge on any atom is 0.286 e. The van der Waals surface area contributed by atoms with Crippen LogP contribution in [0.3, 0.4) is 0 Å². The topological polar surface area (TPSA) is 72.2 Å². The number of nitro benzene ring substituents is 1. The highest BCUT2D eigenvalue weighted by atomic mass is 35.5. The summed E-state index contributed by atoms with van der Waals surface area (Å²) in [7, 11) is 0. The summed E-state index contributed by atoms with van der Waals surface area (Å²) in [6.07, 6.45) is 0. The van der Waals surface area contributed by atoms with Gasteiger partial charge in [-0.1, -0.05) is 35.0 Å². The molecule has 0 saturated carbocycles. The minimum Gasteiger partial charge on any atom is -0.345 e. The van der Waals surface area contributed by atoms with Crippen LogP contribution in [0.1, 0.15) is 12.5 Å². The summed E-state index contributed by atoms with van der Waals surface area (Å²) >= 11 is 11.5. The Labute approximate surface area is 113 Å². The van der Waals surface area contributed by atoms with Gasteiger partial charge in [0.2, 0.25) is 5.91 Å². The molecule has 0 aliphatic rings. The van der Waals surface area contributed by atoms with Crippen LogP contribution in [0.4, 0.5) is 5.69 Å². The summed E-state index contributed by atoms with van der Waals surface area (Å²) in [6, 6.07) is 2.47. The van der Waals surface area contributed by atoms with Crippen LogP contribution in [0.2, 0.25) is 10.0 Å². The van der Waals surface area contributed by atoms with Crippen LogP contribution in [-0.4, -0.2) is 17.4 Å². The molecule has 94 valence electrons. The van der Waals surface area contributed by atoms with Crippen LogP contribution in [0.25, 0.3) is 0 Å². The molecule has 0 fully saturated rings. The van der Waals surface area contributed by atoms with E-state index in [0.717, 1.165) is 6.07 Å². The maximum absolute atomic E-state index is 10.8. The molecule has 0 aliphatic carbocycles. The number of nitro groups is 1. The zero-order valence-electron chi connectivity index (χ0n) is 9.29. The average Bonchev–Trinajstić information content (AvgIpc) is 2.28. The Morgan fingerprint density at radius 2 is 2.06 bits per heavy atom. The molecule has 18 heavy (non-hydrogen) atoms. The van der Waals surface area contributed by atoms with Crippen molar-refractivity contribution in [2.45, 2.75) is 6.92 Å². The highest BCUT2D eigenvalue weighted by Gasteiger charge is 2.15. The SMILES string of the molecule is CC(=O)NCC#Cc1cc(Cl)c(Cl)cc1[N+](=O)[O-]. The number of carbonyl (C=O) groups is 1. The van der Waals surface area contributed by atoms with Crippen LogP contribution in [-0.2, 0) is 4.79 Å². The number of hydrogen-bond acceptors (Lipinski definition) is 3.